The van der Waals surface area contributed by atoms with Crippen molar-refractivity contribution in [2.24, 2.45) is 34.0 Å². The highest BCUT2D eigenvalue weighted by molar-refractivity contribution is 5.91. The van der Waals surface area contributed by atoms with Crippen LogP contribution in [0.5, 0.6) is 0 Å². The first kappa shape index (κ1) is 14.4. The third-order valence-corrected chi connectivity index (χ3v) is 6.18. The number of carbonyl (C=O) groups excluding carboxylic acids is 1. The molecule has 4 nitrogen and oxygen atoms in total. The van der Waals surface area contributed by atoms with Gasteiger partial charge in [-0.05, 0) is 22.2 Å². The van der Waals surface area contributed by atoms with Gasteiger partial charge in [-0.2, -0.15) is 0 Å². The Balaban J connectivity index is 1.90. The van der Waals surface area contributed by atoms with Gasteiger partial charge in [0, 0.05) is 6.54 Å². The van der Waals surface area contributed by atoms with Crippen LogP contribution in [0.2, 0.25) is 0 Å². The zero-order valence-corrected chi connectivity index (χ0v) is 12.7. The zero-order valence-electron chi connectivity index (χ0n) is 12.7. The van der Waals surface area contributed by atoms with Crippen LogP contribution in [0.25, 0.3) is 0 Å². The molecule has 2 aliphatic carbocycles. The number of aliphatic carboxylic acids is 1. The lowest BCUT2D eigenvalue weighted by molar-refractivity contribution is -0.140. The van der Waals surface area contributed by atoms with E-state index in [4.69, 9.17) is 5.11 Å². The standard InChI is InChI=1S/C15H25NO3/c1-13(2)9(10(13)12(18)19)11(17)16-7-8-14(3,4)15(8,5)6/h8-10H,7H2,1-6H3,(H,16,17)(H,18,19). The normalized spacial score (nSPS) is 33.6. The summed E-state index contributed by atoms with van der Waals surface area (Å²) in [5.74, 6) is -1.41. The van der Waals surface area contributed by atoms with Gasteiger partial charge in [0.2, 0.25) is 5.91 Å². The summed E-state index contributed by atoms with van der Waals surface area (Å²) in [4.78, 5) is 23.2. The van der Waals surface area contributed by atoms with Crippen molar-refractivity contribution in [3.05, 3.63) is 0 Å². The Morgan fingerprint density at radius 2 is 1.47 bits per heavy atom. The largest absolute Gasteiger partial charge is 0.481 e. The van der Waals surface area contributed by atoms with E-state index in [1.807, 2.05) is 13.8 Å². The van der Waals surface area contributed by atoms with E-state index in [2.05, 4.69) is 33.0 Å². The molecule has 0 bridgehead atoms. The van der Waals surface area contributed by atoms with E-state index in [9.17, 15) is 9.59 Å². The number of hydrogen-bond acceptors (Lipinski definition) is 2. The van der Waals surface area contributed by atoms with Gasteiger partial charge in [0.1, 0.15) is 0 Å². The quantitative estimate of drug-likeness (QED) is 0.820. The molecule has 4 heteroatoms. The van der Waals surface area contributed by atoms with Gasteiger partial charge < -0.3 is 10.4 Å². The van der Waals surface area contributed by atoms with Crippen LogP contribution in [0.3, 0.4) is 0 Å². The van der Waals surface area contributed by atoms with Gasteiger partial charge in [-0.15, -0.1) is 0 Å². The predicted octanol–water partition coefficient (Wildman–Crippen LogP) is 2.14. The van der Waals surface area contributed by atoms with Crippen LogP contribution in [-0.2, 0) is 9.59 Å². The van der Waals surface area contributed by atoms with Crippen LogP contribution >= 0.6 is 0 Å². The summed E-state index contributed by atoms with van der Waals surface area (Å²) in [6.07, 6.45) is 0. The van der Waals surface area contributed by atoms with Crippen molar-refractivity contribution in [3.63, 3.8) is 0 Å². The minimum Gasteiger partial charge on any atom is -0.481 e. The highest BCUT2D eigenvalue weighted by atomic mass is 16.4. The summed E-state index contributed by atoms with van der Waals surface area (Å²) >= 11 is 0. The monoisotopic (exact) mass is 267 g/mol. The molecule has 2 rings (SSSR count). The van der Waals surface area contributed by atoms with Gasteiger partial charge in [-0.25, -0.2) is 0 Å². The Morgan fingerprint density at radius 1 is 1.00 bits per heavy atom. The number of carboxylic acids is 1. The molecule has 108 valence electrons. The van der Waals surface area contributed by atoms with Crippen molar-refractivity contribution in [3.8, 4) is 0 Å². The van der Waals surface area contributed by atoms with E-state index in [0.717, 1.165) is 0 Å². The molecule has 2 saturated carbocycles. The van der Waals surface area contributed by atoms with Crippen molar-refractivity contribution in [2.75, 3.05) is 6.54 Å². The number of amides is 1. The fraction of sp³-hybridized carbons (Fsp3) is 0.867. The van der Waals surface area contributed by atoms with Gasteiger partial charge >= 0.3 is 5.97 Å². The van der Waals surface area contributed by atoms with E-state index in [1.54, 1.807) is 0 Å². The summed E-state index contributed by atoms with van der Waals surface area (Å²) in [6.45, 7) is 13.2. The molecule has 1 amide bonds. The number of carboxylic acid groups (broad SMARTS) is 1. The number of rotatable bonds is 4. The number of hydrogen-bond donors (Lipinski definition) is 2. The van der Waals surface area contributed by atoms with Crippen LogP contribution in [-0.4, -0.2) is 23.5 Å². The van der Waals surface area contributed by atoms with Crippen LogP contribution in [0, 0.1) is 34.0 Å². The van der Waals surface area contributed by atoms with Gasteiger partial charge in [0.05, 0.1) is 11.8 Å². The Bertz CT molecular complexity index is 423. The SMILES string of the molecule is CC1(C)C(C(=O)O)C1C(=O)NCC1C(C)(C)C1(C)C. The summed E-state index contributed by atoms with van der Waals surface area (Å²) < 4.78 is 0. The zero-order chi connectivity index (χ0) is 14.8. The molecule has 0 heterocycles. The predicted molar refractivity (Wildman–Crippen MR) is 72.5 cm³/mol. The molecular formula is C15H25NO3. The molecule has 0 aromatic carbocycles. The smallest absolute Gasteiger partial charge is 0.307 e. The van der Waals surface area contributed by atoms with Gasteiger partial charge in [0.15, 0.2) is 0 Å². The second-order valence-corrected chi connectivity index (χ2v) is 7.86. The van der Waals surface area contributed by atoms with Crippen LogP contribution in [0.15, 0.2) is 0 Å². The molecule has 0 aromatic rings. The minimum absolute atomic E-state index is 0.101. The summed E-state index contributed by atoms with van der Waals surface area (Å²) in [5.41, 5.74) is 0.0710. The van der Waals surface area contributed by atoms with Crippen molar-refractivity contribution in [1.82, 2.24) is 5.32 Å². The van der Waals surface area contributed by atoms with Crippen LogP contribution in [0.1, 0.15) is 41.5 Å². The van der Waals surface area contributed by atoms with Gasteiger partial charge in [-0.3, -0.25) is 9.59 Å². The third kappa shape index (κ3) is 1.87. The summed E-state index contributed by atoms with van der Waals surface area (Å²) in [6, 6.07) is 0. The maximum absolute atomic E-state index is 12.1. The molecule has 2 unspecified atom stereocenters. The van der Waals surface area contributed by atoms with E-state index in [-0.39, 0.29) is 22.7 Å². The molecule has 2 N–H and O–H groups in total. The lowest BCUT2D eigenvalue weighted by Crippen LogP contribution is -2.30. The third-order valence-electron chi connectivity index (χ3n) is 6.18. The molecule has 0 aliphatic heterocycles. The molecule has 0 aromatic heterocycles. The second-order valence-electron chi connectivity index (χ2n) is 7.86. The molecule has 2 aliphatic rings. The highest BCUT2D eigenvalue weighted by Crippen LogP contribution is 2.68. The Morgan fingerprint density at radius 3 is 1.79 bits per heavy atom. The van der Waals surface area contributed by atoms with Crippen LogP contribution < -0.4 is 5.32 Å². The molecule has 0 spiro atoms. The molecule has 19 heavy (non-hydrogen) atoms. The molecule has 0 radical (unpaired) electrons. The first-order valence-corrected chi connectivity index (χ1v) is 6.96. The molecule has 2 fully saturated rings. The summed E-state index contributed by atoms with van der Waals surface area (Å²) in [7, 11) is 0. The lowest BCUT2D eigenvalue weighted by atomic mass is 10.0. The maximum atomic E-state index is 12.1. The molecular weight excluding hydrogens is 242 g/mol. The fourth-order valence-corrected chi connectivity index (χ4v) is 3.74. The summed E-state index contributed by atoms with van der Waals surface area (Å²) in [5, 5.41) is 12.0. The number of carbonyl (C=O) groups is 2. The first-order chi connectivity index (χ1) is 8.45. The first-order valence-electron chi connectivity index (χ1n) is 6.96. The van der Waals surface area contributed by atoms with E-state index < -0.39 is 17.3 Å². The van der Waals surface area contributed by atoms with Crippen molar-refractivity contribution in [2.45, 2.75) is 41.5 Å². The van der Waals surface area contributed by atoms with E-state index in [1.165, 1.54) is 0 Å². The maximum Gasteiger partial charge on any atom is 0.307 e. The van der Waals surface area contributed by atoms with Crippen molar-refractivity contribution < 1.29 is 14.7 Å². The van der Waals surface area contributed by atoms with Gasteiger partial charge in [0.25, 0.3) is 0 Å². The average molecular weight is 267 g/mol. The van der Waals surface area contributed by atoms with Crippen LogP contribution in [0.4, 0.5) is 0 Å². The van der Waals surface area contributed by atoms with E-state index in [0.29, 0.717) is 12.5 Å². The Labute approximate surface area is 115 Å². The fourth-order valence-electron chi connectivity index (χ4n) is 3.74. The Kier molecular flexibility index (Phi) is 2.82. The number of nitrogens with one attached hydrogen (secondary N) is 1. The molecule has 0 saturated heterocycles. The average Bonchev–Trinajstić information content (AvgIpc) is 2.93. The highest BCUT2D eigenvalue weighted by Gasteiger charge is 2.67. The van der Waals surface area contributed by atoms with Gasteiger partial charge in [-0.1, -0.05) is 41.5 Å². The Hall–Kier alpha value is -1.06. The molecule has 2 atom stereocenters. The van der Waals surface area contributed by atoms with Crippen molar-refractivity contribution >= 4 is 11.9 Å². The topological polar surface area (TPSA) is 66.4 Å². The lowest BCUT2D eigenvalue weighted by Gasteiger charge is -2.07. The van der Waals surface area contributed by atoms with Crippen molar-refractivity contribution in [1.29, 1.82) is 0 Å². The minimum atomic E-state index is -0.864. The second kappa shape index (κ2) is 3.74. The van der Waals surface area contributed by atoms with E-state index >= 15 is 0 Å².